The van der Waals surface area contributed by atoms with Gasteiger partial charge in [0, 0.05) is 18.4 Å². The molecule has 1 N–H and O–H groups in total. The van der Waals surface area contributed by atoms with Crippen LogP contribution in [0, 0.1) is 0 Å². The van der Waals surface area contributed by atoms with Crippen molar-refractivity contribution in [1.29, 1.82) is 0 Å². The number of benzene rings is 1. The molecule has 0 fully saturated rings. The van der Waals surface area contributed by atoms with Crippen molar-refractivity contribution in [3.8, 4) is 0 Å². The van der Waals surface area contributed by atoms with E-state index in [1.54, 1.807) is 13.1 Å². The fraction of sp³-hybridized carbons (Fsp3) is 0.333. The van der Waals surface area contributed by atoms with Gasteiger partial charge in [0.2, 0.25) is 0 Å². The lowest BCUT2D eigenvalue weighted by Crippen LogP contribution is -2.32. The van der Waals surface area contributed by atoms with Crippen molar-refractivity contribution in [3.63, 3.8) is 0 Å². The highest BCUT2D eigenvalue weighted by Gasteiger charge is 2.18. The fourth-order valence-electron chi connectivity index (χ4n) is 2.53. The van der Waals surface area contributed by atoms with Crippen LogP contribution in [0.1, 0.15) is 41.9 Å². The molecule has 1 heterocycles. The highest BCUT2D eigenvalue weighted by atomic mass is 16.2. The van der Waals surface area contributed by atoms with Gasteiger partial charge in [-0.15, -0.1) is 0 Å². The monoisotopic (exact) mass is 298 g/mol. The van der Waals surface area contributed by atoms with Crippen LogP contribution in [-0.2, 0) is 12.8 Å². The average Bonchev–Trinajstić information content (AvgIpc) is 2.55. The summed E-state index contributed by atoms with van der Waals surface area (Å²) in [6, 6.07) is 11.1. The van der Waals surface area contributed by atoms with Crippen molar-refractivity contribution in [2.24, 2.45) is 0 Å². The Labute approximate surface area is 130 Å². The van der Waals surface area contributed by atoms with Gasteiger partial charge in [-0.2, -0.15) is 0 Å². The summed E-state index contributed by atoms with van der Waals surface area (Å²) in [6.45, 7) is 4.09. The number of carbonyl (C=O) groups is 1. The van der Waals surface area contributed by atoms with Crippen LogP contribution in [0.5, 0.6) is 0 Å². The summed E-state index contributed by atoms with van der Waals surface area (Å²) in [4.78, 5) is 29.2. The Morgan fingerprint density at radius 2 is 1.86 bits per heavy atom. The molecule has 0 aliphatic heterocycles. The standard InChI is InChI=1S/C18H22N2O2/c1-4-9-13-12-15(17(21)19-16(13)5-2)18(22)20(3)14-10-7-6-8-11-14/h6-8,10-12H,4-5,9H2,1-3H3,(H,19,21). The molecular formula is C18H22N2O2. The van der Waals surface area contributed by atoms with Gasteiger partial charge < -0.3 is 9.88 Å². The van der Waals surface area contributed by atoms with Crippen molar-refractivity contribution < 1.29 is 4.79 Å². The highest BCUT2D eigenvalue weighted by molar-refractivity contribution is 6.05. The van der Waals surface area contributed by atoms with Gasteiger partial charge in [-0.3, -0.25) is 9.59 Å². The van der Waals surface area contributed by atoms with Gasteiger partial charge in [0.1, 0.15) is 5.56 Å². The second-order valence-electron chi connectivity index (χ2n) is 5.32. The fourth-order valence-corrected chi connectivity index (χ4v) is 2.53. The molecule has 116 valence electrons. The average molecular weight is 298 g/mol. The summed E-state index contributed by atoms with van der Waals surface area (Å²) in [5.74, 6) is -0.285. The summed E-state index contributed by atoms with van der Waals surface area (Å²) in [5, 5.41) is 0. The minimum absolute atomic E-state index is 0.201. The predicted molar refractivity (Wildman–Crippen MR) is 89.6 cm³/mol. The lowest BCUT2D eigenvalue weighted by atomic mass is 10.0. The van der Waals surface area contributed by atoms with E-state index in [4.69, 9.17) is 0 Å². The van der Waals surface area contributed by atoms with Crippen molar-refractivity contribution >= 4 is 11.6 Å². The van der Waals surface area contributed by atoms with Crippen molar-refractivity contribution in [1.82, 2.24) is 4.98 Å². The molecule has 0 atom stereocenters. The minimum Gasteiger partial charge on any atom is -0.325 e. The van der Waals surface area contributed by atoms with Crippen LogP contribution in [0.25, 0.3) is 0 Å². The molecule has 0 radical (unpaired) electrons. The Morgan fingerprint density at radius 3 is 2.45 bits per heavy atom. The summed E-state index contributed by atoms with van der Waals surface area (Å²) in [6.07, 6.45) is 2.59. The summed E-state index contributed by atoms with van der Waals surface area (Å²) in [5.41, 5.74) is 2.63. The van der Waals surface area contributed by atoms with Gasteiger partial charge in [0.15, 0.2) is 0 Å². The predicted octanol–water partition coefficient (Wildman–Crippen LogP) is 3.17. The number of amides is 1. The summed E-state index contributed by atoms with van der Waals surface area (Å²) < 4.78 is 0. The second kappa shape index (κ2) is 7.07. The van der Waals surface area contributed by atoms with Gasteiger partial charge in [-0.25, -0.2) is 0 Å². The number of anilines is 1. The molecule has 1 aromatic heterocycles. The molecule has 4 heteroatoms. The molecule has 0 aliphatic rings. The molecular weight excluding hydrogens is 276 g/mol. The van der Waals surface area contributed by atoms with Crippen LogP contribution >= 0.6 is 0 Å². The van der Waals surface area contributed by atoms with E-state index in [1.807, 2.05) is 37.3 Å². The zero-order valence-corrected chi connectivity index (χ0v) is 13.3. The number of aromatic nitrogens is 1. The zero-order chi connectivity index (χ0) is 16.1. The van der Waals surface area contributed by atoms with Crippen molar-refractivity contribution in [2.75, 3.05) is 11.9 Å². The van der Waals surface area contributed by atoms with E-state index in [0.29, 0.717) is 0 Å². The Kier molecular flexibility index (Phi) is 5.15. The lowest BCUT2D eigenvalue weighted by Gasteiger charge is -2.18. The summed E-state index contributed by atoms with van der Waals surface area (Å²) >= 11 is 0. The van der Waals surface area contributed by atoms with Gasteiger partial charge in [-0.1, -0.05) is 38.5 Å². The Morgan fingerprint density at radius 1 is 1.18 bits per heavy atom. The summed E-state index contributed by atoms with van der Waals surface area (Å²) in [7, 11) is 1.68. The molecule has 22 heavy (non-hydrogen) atoms. The number of carbonyl (C=O) groups excluding carboxylic acids is 1. The molecule has 2 rings (SSSR count). The molecule has 0 bridgehead atoms. The SMILES string of the molecule is CCCc1cc(C(=O)N(C)c2ccccc2)c(=O)[nH]c1CC. The van der Waals surface area contributed by atoms with Gasteiger partial charge in [0.25, 0.3) is 11.5 Å². The van der Waals surface area contributed by atoms with E-state index in [9.17, 15) is 9.59 Å². The normalized spacial score (nSPS) is 10.5. The third-order valence-corrected chi connectivity index (χ3v) is 3.77. The largest absolute Gasteiger partial charge is 0.325 e. The quantitative estimate of drug-likeness (QED) is 0.922. The maximum Gasteiger partial charge on any atom is 0.263 e. The lowest BCUT2D eigenvalue weighted by molar-refractivity contribution is 0.0991. The van der Waals surface area contributed by atoms with Gasteiger partial charge >= 0.3 is 0 Å². The number of pyridine rings is 1. The van der Waals surface area contributed by atoms with Crippen LogP contribution in [0.2, 0.25) is 0 Å². The van der Waals surface area contributed by atoms with Gasteiger partial charge in [-0.05, 0) is 36.6 Å². The van der Waals surface area contributed by atoms with E-state index in [-0.39, 0.29) is 17.0 Å². The number of rotatable bonds is 5. The molecule has 0 unspecified atom stereocenters. The first kappa shape index (κ1) is 16.0. The Hall–Kier alpha value is -2.36. The number of para-hydroxylation sites is 1. The van der Waals surface area contributed by atoms with Crippen LogP contribution in [0.4, 0.5) is 5.69 Å². The second-order valence-corrected chi connectivity index (χ2v) is 5.32. The number of aryl methyl sites for hydroxylation is 2. The maximum absolute atomic E-state index is 12.6. The molecule has 1 amide bonds. The number of aromatic amines is 1. The first-order valence-electron chi connectivity index (χ1n) is 7.66. The van der Waals surface area contributed by atoms with E-state index >= 15 is 0 Å². The Bertz CT molecular complexity index is 705. The number of hydrogen-bond acceptors (Lipinski definition) is 2. The van der Waals surface area contributed by atoms with Gasteiger partial charge in [0.05, 0.1) is 0 Å². The first-order valence-corrected chi connectivity index (χ1v) is 7.66. The molecule has 0 spiro atoms. The van der Waals surface area contributed by atoms with Crippen molar-refractivity contribution in [2.45, 2.75) is 33.1 Å². The molecule has 1 aromatic carbocycles. The van der Waals surface area contributed by atoms with E-state index in [2.05, 4.69) is 11.9 Å². The van der Waals surface area contributed by atoms with Crippen LogP contribution in [-0.4, -0.2) is 17.9 Å². The number of hydrogen-bond donors (Lipinski definition) is 1. The Balaban J connectivity index is 2.41. The third-order valence-electron chi connectivity index (χ3n) is 3.77. The maximum atomic E-state index is 12.6. The molecule has 0 saturated heterocycles. The molecule has 0 aliphatic carbocycles. The molecule has 0 saturated carbocycles. The zero-order valence-electron chi connectivity index (χ0n) is 13.3. The first-order chi connectivity index (χ1) is 10.6. The number of nitrogens with zero attached hydrogens (tertiary/aromatic N) is 1. The van der Waals surface area contributed by atoms with E-state index in [1.165, 1.54) is 4.90 Å². The van der Waals surface area contributed by atoms with Crippen LogP contribution < -0.4 is 10.5 Å². The number of H-pyrrole nitrogens is 1. The smallest absolute Gasteiger partial charge is 0.263 e. The van der Waals surface area contributed by atoms with E-state index < -0.39 is 0 Å². The van der Waals surface area contributed by atoms with E-state index in [0.717, 1.165) is 36.2 Å². The topological polar surface area (TPSA) is 53.2 Å². The van der Waals surface area contributed by atoms with Crippen LogP contribution in [0.3, 0.4) is 0 Å². The van der Waals surface area contributed by atoms with Crippen LogP contribution in [0.15, 0.2) is 41.2 Å². The third kappa shape index (κ3) is 3.27. The number of nitrogens with one attached hydrogen (secondary N) is 1. The minimum atomic E-state index is -0.315. The highest BCUT2D eigenvalue weighted by Crippen LogP contribution is 2.15. The molecule has 2 aromatic rings. The molecule has 4 nitrogen and oxygen atoms in total. The van der Waals surface area contributed by atoms with Crippen molar-refractivity contribution in [3.05, 3.63) is 63.6 Å².